The number of carboxylic acid groups (broad SMARTS) is 2. The molecule has 0 amide bonds. The average molecular weight is 727 g/mol. The van der Waals surface area contributed by atoms with Gasteiger partial charge in [0.2, 0.25) is 0 Å². The van der Waals surface area contributed by atoms with E-state index in [1.807, 2.05) is 0 Å². The van der Waals surface area contributed by atoms with Gasteiger partial charge in [-0.1, -0.05) is 146 Å². The fourth-order valence-corrected chi connectivity index (χ4v) is 6.61. The van der Waals surface area contributed by atoms with Crippen LogP contribution in [0.4, 0.5) is 0 Å². The predicted octanol–water partition coefficient (Wildman–Crippen LogP) is 12.5. The number of guanidine groups is 1. The fourth-order valence-electron chi connectivity index (χ4n) is 6.61. The van der Waals surface area contributed by atoms with Gasteiger partial charge in [-0.3, -0.25) is 14.6 Å². The first-order chi connectivity index (χ1) is 23.9. The highest BCUT2D eigenvalue weighted by atomic mass is 35.5. The Labute approximate surface area is 314 Å². The molecule has 0 aromatic heterocycles. The van der Waals surface area contributed by atoms with Gasteiger partial charge in [-0.05, 0) is 83.0 Å². The van der Waals surface area contributed by atoms with E-state index in [1.165, 1.54) is 141 Å². The maximum Gasteiger partial charge on any atom is 0.303 e. The van der Waals surface area contributed by atoms with E-state index < -0.39 is 11.9 Å². The Morgan fingerprint density at radius 3 is 1.04 bits per heavy atom. The third-order valence-electron chi connectivity index (χ3n) is 9.64. The van der Waals surface area contributed by atoms with Crippen LogP contribution in [0.25, 0.3) is 0 Å². The van der Waals surface area contributed by atoms with E-state index in [4.69, 9.17) is 21.7 Å². The van der Waals surface area contributed by atoms with Crippen molar-refractivity contribution in [2.45, 2.75) is 212 Å². The topological polar surface area (TPSA) is 139 Å². The SMILES string of the molecule is Cl.NC(N)=NCCC[C@@H](CCCCCCCC/C=C\CCCCCCCC(=O)O)CCCCCCCCC/C=C\CCCCCCCC(=O)O. The minimum atomic E-state index is -0.674. The second-order valence-corrected chi connectivity index (χ2v) is 14.4. The van der Waals surface area contributed by atoms with Crippen LogP contribution < -0.4 is 11.5 Å². The molecular weight excluding hydrogens is 646 g/mol. The van der Waals surface area contributed by atoms with Crippen LogP contribution in [0.15, 0.2) is 29.3 Å². The van der Waals surface area contributed by atoms with Crippen molar-refractivity contribution < 1.29 is 19.8 Å². The first kappa shape index (κ1) is 50.1. The van der Waals surface area contributed by atoms with Crippen molar-refractivity contribution in [3.05, 3.63) is 24.3 Å². The second kappa shape index (κ2) is 41.4. The van der Waals surface area contributed by atoms with Crippen LogP contribution in [0.2, 0.25) is 0 Å². The molecule has 0 saturated heterocycles. The lowest BCUT2D eigenvalue weighted by Crippen LogP contribution is -2.23. The number of halogens is 1. The standard InChI is InChI=1S/C42H79N3O4.ClH/c43-42(44)45-38-32-35-39(34-29-25-21-17-13-9-5-3-7-11-15-19-23-27-31-37-41(48)49)33-28-24-20-16-12-8-4-1-2-6-10-14-18-22-26-30-36-40(46)47;/h2-3,6-7,39H,1,4-5,8-38H2,(H,46,47)(H,48,49)(H4,43,44,45);1H/b6-2-,7-3-;/t39-;/m1./s1. The first-order valence-corrected chi connectivity index (χ1v) is 20.7. The molecule has 0 aliphatic rings. The minimum Gasteiger partial charge on any atom is -0.481 e. The molecule has 0 aliphatic heterocycles. The molecule has 294 valence electrons. The molecule has 0 aliphatic carbocycles. The van der Waals surface area contributed by atoms with E-state index in [-0.39, 0.29) is 18.4 Å². The summed E-state index contributed by atoms with van der Waals surface area (Å²) in [6, 6.07) is 0. The smallest absolute Gasteiger partial charge is 0.303 e. The Balaban J connectivity index is 0. The normalized spacial score (nSPS) is 12.0. The van der Waals surface area contributed by atoms with Crippen molar-refractivity contribution in [1.29, 1.82) is 0 Å². The van der Waals surface area contributed by atoms with Gasteiger partial charge in [0.05, 0.1) is 0 Å². The van der Waals surface area contributed by atoms with Crippen LogP contribution in [0.5, 0.6) is 0 Å². The van der Waals surface area contributed by atoms with Gasteiger partial charge in [-0.15, -0.1) is 12.4 Å². The molecule has 0 unspecified atom stereocenters. The quantitative estimate of drug-likeness (QED) is 0.0215. The number of allylic oxidation sites excluding steroid dienone is 4. The number of carbonyl (C=O) groups is 2. The number of hydrogen-bond donors (Lipinski definition) is 4. The molecule has 8 heteroatoms. The van der Waals surface area contributed by atoms with Crippen molar-refractivity contribution in [3.8, 4) is 0 Å². The molecule has 0 bridgehead atoms. The minimum absolute atomic E-state index is 0. The van der Waals surface area contributed by atoms with E-state index in [2.05, 4.69) is 29.3 Å². The van der Waals surface area contributed by atoms with E-state index in [9.17, 15) is 9.59 Å². The summed E-state index contributed by atoms with van der Waals surface area (Å²) >= 11 is 0. The van der Waals surface area contributed by atoms with Crippen LogP contribution in [-0.4, -0.2) is 34.7 Å². The number of unbranched alkanes of at least 4 members (excludes halogenated alkanes) is 23. The van der Waals surface area contributed by atoms with Crippen molar-refractivity contribution >= 4 is 30.3 Å². The van der Waals surface area contributed by atoms with Crippen molar-refractivity contribution in [2.75, 3.05) is 6.54 Å². The second-order valence-electron chi connectivity index (χ2n) is 14.4. The van der Waals surface area contributed by atoms with Crippen molar-refractivity contribution in [1.82, 2.24) is 0 Å². The lowest BCUT2D eigenvalue weighted by atomic mass is 9.90. The lowest BCUT2D eigenvalue weighted by Gasteiger charge is -2.16. The van der Waals surface area contributed by atoms with E-state index in [0.29, 0.717) is 12.8 Å². The van der Waals surface area contributed by atoms with Gasteiger partial charge in [0.25, 0.3) is 0 Å². The molecule has 0 spiro atoms. The Hall–Kier alpha value is -2.02. The van der Waals surface area contributed by atoms with Gasteiger partial charge < -0.3 is 21.7 Å². The average Bonchev–Trinajstić information content (AvgIpc) is 3.06. The number of carboxylic acids is 2. The van der Waals surface area contributed by atoms with Gasteiger partial charge in [0.15, 0.2) is 5.96 Å². The van der Waals surface area contributed by atoms with Crippen LogP contribution in [0.1, 0.15) is 212 Å². The number of nitrogens with two attached hydrogens (primary N) is 2. The van der Waals surface area contributed by atoms with Gasteiger partial charge in [-0.2, -0.15) is 0 Å². The highest BCUT2D eigenvalue weighted by Gasteiger charge is 2.09. The summed E-state index contributed by atoms with van der Waals surface area (Å²) in [6.07, 6.45) is 48.3. The maximum atomic E-state index is 10.5. The zero-order valence-electron chi connectivity index (χ0n) is 32.1. The number of aliphatic carboxylic acids is 2. The number of rotatable bonds is 39. The highest BCUT2D eigenvalue weighted by molar-refractivity contribution is 5.85. The number of aliphatic imine (C=N–C) groups is 1. The molecular formula is C42H80ClN3O4. The molecule has 0 rings (SSSR count). The fraction of sp³-hybridized carbons (Fsp3) is 0.833. The Kier molecular flexibility index (Phi) is 41.5. The van der Waals surface area contributed by atoms with Crippen LogP contribution in [-0.2, 0) is 9.59 Å². The van der Waals surface area contributed by atoms with Crippen LogP contribution >= 0.6 is 12.4 Å². The maximum absolute atomic E-state index is 10.5. The van der Waals surface area contributed by atoms with Gasteiger partial charge in [0, 0.05) is 19.4 Å². The molecule has 50 heavy (non-hydrogen) atoms. The molecule has 6 N–H and O–H groups in total. The number of hydrogen-bond acceptors (Lipinski definition) is 3. The summed E-state index contributed by atoms with van der Waals surface area (Å²) in [5, 5.41) is 17.3. The first-order valence-electron chi connectivity index (χ1n) is 20.7. The number of nitrogens with zero attached hydrogens (tertiary/aromatic N) is 1. The molecule has 0 radical (unpaired) electrons. The molecule has 0 aromatic rings. The summed E-state index contributed by atoms with van der Waals surface area (Å²) in [7, 11) is 0. The lowest BCUT2D eigenvalue weighted by molar-refractivity contribution is -0.138. The Bertz CT molecular complexity index is 830. The molecule has 0 aromatic carbocycles. The largest absolute Gasteiger partial charge is 0.481 e. The zero-order chi connectivity index (χ0) is 35.9. The summed E-state index contributed by atoms with van der Waals surface area (Å²) in [5.74, 6) is -0.323. The summed E-state index contributed by atoms with van der Waals surface area (Å²) in [6.45, 7) is 0.757. The molecule has 7 nitrogen and oxygen atoms in total. The molecule has 0 saturated carbocycles. The molecule has 0 heterocycles. The van der Waals surface area contributed by atoms with Gasteiger partial charge in [0.1, 0.15) is 0 Å². The Morgan fingerprint density at radius 2 is 0.720 bits per heavy atom. The van der Waals surface area contributed by atoms with E-state index in [0.717, 1.165) is 70.3 Å². The van der Waals surface area contributed by atoms with E-state index >= 15 is 0 Å². The summed E-state index contributed by atoms with van der Waals surface area (Å²) in [4.78, 5) is 25.2. The van der Waals surface area contributed by atoms with Crippen LogP contribution in [0, 0.1) is 5.92 Å². The predicted molar refractivity (Wildman–Crippen MR) is 217 cm³/mol. The molecule has 0 fully saturated rings. The highest BCUT2D eigenvalue weighted by Crippen LogP contribution is 2.24. The third-order valence-corrected chi connectivity index (χ3v) is 9.64. The molecule has 1 atom stereocenters. The van der Waals surface area contributed by atoms with Crippen LogP contribution in [0.3, 0.4) is 0 Å². The zero-order valence-corrected chi connectivity index (χ0v) is 33.0. The Morgan fingerprint density at radius 1 is 0.440 bits per heavy atom. The summed E-state index contributed by atoms with van der Waals surface area (Å²) in [5.41, 5.74) is 11.1. The van der Waals surface area contributed by atoms with Gasteiger partial charge >= 0.3 is 11.9 Å². The van der Waals surface area contributed by atoms with E-state index in [1.54, 1.807) is 0 Å². The van der Waals surface area contributed by atoms with Crippen molar-refractivity contribution in [3.63, 3.8) is 0 Å². The van der Waals surface area contributed by atoms with Gasteiger partial charge in [-0.25, -0.2) is 0 Å². The third kappa shape index (κ3) is 44.0. The monoisotopic (exact) mass is 726 g/mol. The van der Waals surface area contributed by atoms with Crippen molar-refractivity contribution in [2.24, 2.45) is 22.4 Å². The summed E-state index contributed by atoms with van der Waals surface area (Å²) < 4.78 is 0.